The van der Waals surface area contributed by atoms with Crippen LogP contribution in [0.3, 0.4) is 0 Å². The molecule has 2 heterocycles. The lowest BCUT2D eigenvalue weighted by atomic mass is 10.1. The van der Waals surface area contributed by atoms with Crippen LogP contribution in [0.4, 0.5) is 5.69 Å². The molecule has 0 fully saturated rings. The van der Waals surface area contributed by atoms with E-state index in [4.69, 9.17) is 9.84 Å². The molecule has 41 heavy (non-hydrogen) atoms. The fourth-order valence-electron chi connectivity index (χ4n) is 4.05. The van der Waals surface area contributed by atoms with Crippen LogP contribution >= 0.6 is 11.3 Å². The van der Waals surface area contributed by atoms with Crippen LogP contribution < -0.4 is 31.9 Å². The van der Waals surface area contributed by atoms with E-state index in [2.05, 4.69) is 15.3 Å². The summed E-state index contributed by atoms with van der Waals surface area (Å²) >= 11 is 1.36. The van der Waals surface area contributed by atoms with Crippen LogP contribution in [0.15, 0.2) is 75.6 Å². The van der Waals surface area contributed by atoms with Crippen LogP contribution in [0.5, 0.6) is 5.75 Å². The maximum atomic E-state index is 12.7. The Morgan fingerprint density at radius 1 is 0.805 bits per heavy atom. The van der Waals surface area contributed by atoms with Crippen LogP contribution in [0, 0.1) is 0 Å². The second-order valence-corrected chi connectivity index (χ2v) is 10.4. The Morgan fingerprint density at radius 3 is 1.98 bits per heavy atom. The van der Waals surface area contributed by atoms with Gasteiger partial charge in [-0.15, -0.1) is 11.3 Å². The molecule has 0 saturated heterocycles. The second kappa shape index (κ2) is 14.6. The van der Waals surface area contributed by atoms with E-state index in [-0.39, 0.29) is 23.0 Å². The minimum absolute atomic E-state index is 0.119. The highest BCUT2D eigenvalue weighted by Gasteiger charge is 2.06. The summed E-state index contributed by atoms with van der Waals surface area (Å²) in [5.41, 5.74) is 1.17. The second-order valence-electron chi connectivity index (χ2n) is 9.41. The molecule has 0 aliphatic rings. The number of aromatic amines is 2. The monoisotopic (exact) mass is 573 g/mol. The molecule has 9 nitrogen and oxygen atoms in total. The first-order chi connectivity index (χ1) is 19.9. The van der Waals surface area contributed by atoms with Gasteiger partial charge in [-0.05, 0) is 71.8 Å². The molecule has 0 atom stereocenters. The van der Waals surface area contributed by atoms with Gasteiger partial charge in [0.25, 0.3) is 17.0 Å². The van der Waals surface area contributed by atoms with E-state index in [0.29, 0.717) is 34.9 Å². The number of anilines is 1. The number of carbonyl (C=O) groups excluding carboxylic acids is 1. The lowest BCUT2D eigenvalue weighted by Gasteiger charge is -2.06. The van der Waals surface area contributed by atoms with Crippen LogP contribution in [0.25, 0.3) is 12.2 Å². The first kappa shape index (κ1) is 29.3. The molecule has 212 valence electrons. The van der Waals surface area contributed by atoms with Crippen molar-refractivity contribution in [2.24, 2.45) is 0 Å². The molecule has 4 N–H and O–H groups in total. The first-order valence-electron chi connectivity index (χ1n) is 13.3. The number of carboxylic acids is 1. The Balaban J connectivity index is 1.34. The maximum Gasteiger partial charge on any atom is 0.303 e. The average molecular weight is 574 g/mol. The van der Waals surface area contributed by atoms with E-state index >= 15 is 0 Å². The van der Waals surface area contributed by atoms with Crippen molar-refractivity contribution in [3.8, 4) is 5.75 Å². The molecule has 2 aromatic carbocycles. The number of nitrogens with one attached hydrogen (secondary N) is 3. The van der Waals surface area contributed by atoms with Crippen LogP contribution in [-0.4, -0.2) is 33.6 Å². The Kier molecular flexibility index (Phi) is 10.4. The minimum atomic E-state index is -0.752. The Labute approximate surface area is 239 Å². The first-order valence-corrected chi connectivity index (χ1v) is 14.2. The standard InChI is InChI=1S/C31H31N3O6S/c35-28(36)8-4-2-1-3-5-17-40-24-15-11-22(12-16-24)20-26-30(38)33-25(29(37)34-26)19-21-9-13-23(14-10-21)32-31(39)27-7-6-18-41-27/h6-7,9-16,18-20H,1-5,8,17H2,(H,32,39)(H,33,38)(H,34,37)(H,35,36)/b25-19-,26-20+. The number of ether oxygens (including phenoxy) is 1. The van der Waals surface area contributed by atoms with Crippen molar-refractivity contribution in [1.82, 2.24) is 9.97 Å². The topological polar surface area (TPSA) is 141 Å². The van der Waals surface area contributed by atoms with Crippen molar-refractivity contribution in [1.29, 1.82) is 0 Å². The number of aliphatic carboxylic acids is 1. The Bertz CT molecular complexity index is 1690. The van der Waals surface area contributed by atoms with Gasteiger partial charge in [0.05, 0.1) is 11.5 Å². The number of hydrogen-bond donors (Lipinski definition) is 4. The molecule has 0 radical (unpaired) electrons. The zero-order chi connectivity index (χ0) is 29.0. The van der Waals surface area contributed by atoms with Crippen molar-refractivity contribution in [2.75, 3.05) is 11.9 Å². The van der Waals surface area contributed by atoms with Crippen molar-refractivity contribution in [3.05, 3.63) is 113 Å². The number of aromatic nitrogens is 2. The van der Waals surface area contributed by atoms with Gasteiger partial charge in [0.2, 0.25) is 0 Å². The van der Waals surface area contributed by atoms with Gasteiger partial charge < -0.3 is 25.1 Å². The Morgan fingerprint density at radius 2 is 1.39 bits per heavy atom. The predicted octanol–water partition coefficient (Wildman–Crippen LogP) is 3.84. The molecular formula is C31H31N3O6S. The molecule has 0 bridgehead atoms. The number of carboxylic acid groups (broad SMARTS) is 1. The van der Waals surface area contributed by atoms with Gasteiger partial charge in [0.1, 0.15) is 16.4 Å². The third-order valence-electron chi connectivity index (χ3n) is 6.20. The molecule has 0 spiro atoms. The zero-order valence-corrected chi connectivity index (χ0v) is 23.2. The van der Waals surface area contributed by atoms with Crippen LogP contribution in [0.2, 0.25) is 0 Å². The van der Waals surface area contributed by atoms with Gasteiger partial charge in [0.15, 0.2) is 0 Å². The molecule has 4 rings (SSSR count). The molecule has 0 aliphatic heterocycles. The van der Waals surface area contributed by atoms with Gasteiger partial charge in [-0.1, -0.05) is 49.6 Å². The summed E-state index contributed by atoms with van der Waals surface area (Å²) in [6.07, 6.45) is 7.84. The summed E-state index contributed by atoms with van der Waals surface area (Å²) < 4.78 is 5.76. The van der Waals surface area contributed by atoms with E-state index in [0.717, 1.165) is 31.2 Å². The SMILES string of the molecule is O=C(O)CCCCCCCOc1ccc(/C=c2/[nH]c(=O)/c(=C/c3ccc(NC(=O)c4cccs4)cc3)[nH]c2=O)cc1. The number of carbonyl (C=O) groups is 2. The molecule has 1 amide bonds. The average Bonchev–Trinajstić information content (AvgIpc) is 3.50. The smallest absolute Gasteiger partial charge is 0.303 e. The summed E-state index contributed by atoms with van der Waals surface area (Å²) in [7, 11) is 0. The zero-order valence-electron chi connectivity index (χ0n) is 22.4. The van der Waals surface area contributed by atoms with Crippen LogP contribution in [0.1, 0.15) is 59.3 Å². The van der Waals surface area contributed by atoms with E-state index in [1.807, 2.05) is 11.4 Å². The number of rotatable bonds is 13. The predicted molar refractivity (Wildman–Crippen MR) is 160 cm³/mol. The molecular weight excluding hydrogens is 542 g/mol. The highest BCUT2D eigenvalue weighted by Crippen LogP contribution is 2.15. The largest absolute Gasteiger partial charge is 0.494 e. The quantitative estimate of drug-likeness (QED) is 0.179. The number of unbranched alkanes of at least 4 members (excludes halogenated alkanes) is 4. The highest BCUT2D eigenvalue weighted by atomic mass is 32.1. The fraction of sp³-hybridized carbons (Fsp3) is 0.226. The van der Waals surface area contributed by atoms with Crippen molar-refractivity contribution >= 4 is 41.1 Å². The van der Waals surface area contributed by atoms with Gasteiger partial charge in [-0.3, -0.25) is 19.2 Å². The third kappa shape index (κ3) is 9.18. The van der Waals surface area contributed by atoms with Crippen molar-refractivity contribution in [2.45, 2.75) is 38.5 Å². The van der Waals surface area contributed by atoms with E-state index in [9.17, 15) is 19.2 Å². The van der Waals surface area contributed by atoms with Crippen molar-refractivity contribution < 1.29 is 19.4 Å². The van der Waals surface area contributed by atoms with Gasteiger partial charge in [0, 0.05) is 12.1 Å². The van der Waals surface area contributed by atoms with E-state index < -0.39 is 17.1 Å². The lowest BCUT2D eigenvalue weighted by molar-refractivity contribution is -0.137. The summed E-state index contributed by atoms with van der Waals surface area (Å²) in [4.78, 5) is 53.9. The van der Waals surface area contributed by atoms with Crippen LogP contribution in [-0.2, 0) is 4.79 Å². The number of amides is 1. The number of thiophene rings is 1. The number of hydrogen-bond acceptors (Lipinski definition) is 6. The van der Waals surface area contributed by atoms with E-state index in [1.165, 1.54) is 11.3 Å². The fourth-order valence-corrected chi connectivity index (χ4v) is 4.67. The van der Waals surface area contributed by atoms with Gasteiger partial charge in [-0.25, -0.2) is 0 Å². The molecule has 10 heteroatoms. The molecule has 4 aromatic rings. The summed E-state index contributed by atoms with van der Waals surface area (Å²) in [6.45, 7) is 0.569. The van der Waals surface area contributed by atoms with Crippen molar-refractivity contribution in [3.63, 3.8) is 0 Å². The molecule has 2 aromatic heterocycles. The van der Waals surface area contributed by atoms with Gasteiger partial charge >= 0.3 is 5.97 Å². The summed E-state index contributed by atoms with van der Waals surface area (Å²) in [5, 5.41) is 13.6. The third-order valence-corrected chi connectivity index (χ3v) is 7.07. The normalized spacial score (nSPS) is 11.9. The van der Waals surface area contributed by atoms with Gasteiger partial charge in [-0.2, -0.15) is 0 Å². The number of benzene rings is 2. The molecule has 0 saturated carbocycles. The summed E-state index contributed by atoms with van der Waals surface area (Å²) in [6, 6.07) is 17.7. The minimum Gasteiger partial charge on any atom is -0.494 e. The highest BCUT2D eigenvalue weighted by molar-refractivity contribution is 7.12. The maximum absolute atomic E-state index is 12.7. The molecule has 0 unspecified atom stereocenters. The number of H-pyrrole nitrogens is 2. The van der Waals surface area contributed by atoms with E-state index in [1.54, 1.807) is 66.7 Å². The lowest BCUT2D eigenvalue weighted by Crippen LogP contribution is -2.46. The summed E-state index contributed by atoms with van der Waals surface area (Å²) in [5.74, 6) is -0.236. The molecule has 0 aliphatic carbocycles. The Hall–Kier alpha value is -4.70.